The molecule has 4 rings (SSSR count). The Hall–Kier alpha value is -2.18. The Morgan fingerprint density at radius 2 is 2.00 bits per heavy atom. The first-order chi connectivity index (χ1) is 11.8. The van der Waals surface area contributed by atoms with Gasteiger partial charge in [-0.25, -0.2) is 4.98 Å². The number of fused-ring (bicyclic) bond motifs is 1. The number of anilines is 1. The molecule has 0 N–H and O–H groups in total. The summed E-state index contributed by atoms with van der Waals surface area (Å²) in [6.45, 7) is 7.18. The zero-order valence-electron chi connectivity index (χ0n) is 13.4. The van der Waals surface area contributed by atoms with E-state index >= 15 is 0 Å². The minimum Gasteiger partial charge on any atom is -0.353 e. The number of hydrogen-bond donors (Lipinski definition) is 0. The van der Waals surface area contributed by atoms with Crippen molar-refractivity contribution in [1.82, 2.24) is 20.0 Å². The first kappa shape index (κ1) is 15.4. The van der Waals surface area contributed by atoms with Crippen molar-refractivity contribution in [3.63, 3.8) is 0 Å². The SMILES string of the molecule is CCN1CCN(c2ncnc3onc(-c4cccc(Cl)c4)c23)CC1. The van der Waals surface area contributed by atoms with Gasteiger partial charge in [0.2, 0.25) is 0 Å². The van der Waals surface area contributed by atoms with Gasteiger partial charge in [-0.1, -0.05) is 35.8 Å². The molecule has 1 saturated heterocycles. The number of halogens is 1. The minimum atomic E-state index is 0.507. The molecule has 0 atom stereocenters. The Morgan fingerprint density at radius 1 is 1.17 bits per heavy atom. The van der Waals surface area contributed by atoms with Crippen LogP contribution in [0, 0.1) is 0 Å². The molecule has 0 radical (unpaired) electrons. The summed E-state index contributed by atoms with van der Waals surface area (Å²) >= 11 is 6.13. The van der Waals surface area contributed by atoms with E-state index in [1.54, 1.807) is 0 Å². The highest BCUT2D eigenvalue weighted by atomic mass is 35.5. The number of piperazine rings is 1. The topological polar surface area (TPSA) is 58.3 Å². The van der Waals surface area contributed by atoms with Crippen LogP contribution in [-0.4, -0.2) is 52.7 Å². The van der Waals surface area contributed by atoms with Gasteiger partial charge in [0.05, 0.1) is 0 Å². The van der Waals surface area contributed by atoms with Crippen molar-refractivity contribution in [3.8, 4) is 11.3 Å². The Bertz CT molecular complexity index is 857. The van der Waals surface area contributed by atoms with Crippen LogP contribution in [-0.2, 0) is 0 Å². The molecule has 0 unspecified atom stereocenters. The Kier molecular flexibility index (Phi) is 4.08. The van der Waals surface area contributed by atoms with Gasteiger partial charge in [0, 0.05) is 36.8 Å². The maximum absolute atomic E-state index is 6.13. The summed E-state index contributed by atoms with van der Waals surface area (Å²) in [7, 11) is 0. The van der Waals surface area contributed by atoms with Crippen molar-refractivity contribution < 1.29 is 4.52 Å². The van der Waals surface area contributed by atoms with Crippen LogP contribution in [0.15, 0.2) is 35.1 Å². The van der Waals surface area contributed by atoms with E-state index in [2.05, 4.69) is 31.8 Å². The smallest absolute Gasteiger partial charge is 0.263 e. The standard InChI is InChI=1S/C17H18ClN5O/c1-2-22-6-8-23(9-7-22)16-14-15(12-4-3-5-13(18)10-12)21-24-17(14)20-11-19-16/h3-5,10-11H,2,6-9H2,1H3. The minimum absolute atomic E-state index is 0.507. The Balaban J connectivity index is 1.78. The lowest BCUT2D eigenvalue weighted by atomic mass is 10.1. The average Bonchev–Trinajstić information content (AvgIpc) is 3.06. The van der Waals surface area contributed by atoms with Crippen LogP contribution >= 0.6 is 11.6 Å². The molecule has 1 aliphatic rings. The molecule has 0 spiro atoms. The molecule has 2 aromatic heterocycles. The van der Waals surface area contributed by atoms with Crippen molar-refractivity contribution in [1.29, 1.82) is 0 Å². The Labute approximate surface area is 145 Å². The second kappa shape index (κ2) is 6.37. The molecule has 1 fully saturated rings. The van der Waals surface area contributed by atoms with Crippen molar-refractivity contribution in [2.75, 3.05) is 37.6 Å². The molecule has 24 heavy (non-hydrogen) atoms. The summed E-state index contributed by atoms with van der Waals surface area (Å²) in [6.07, 6.45) is 1.54. The first-order valence-corrected chi connectivity index (χ1v) is 8.47. The largest absolute Gasteiger partial charge is 0.353 e. The molecule has 0 saturated carbocycles. The predicted octanol–water partition coefficient (Wildman–Crippen LogP) is 3.08. The lowest BCUT2D eigenvalue weighted by molar-refractivity contribution is 0.271. The highest BCUT2D eigenvalue weighted by molar-refractivity contribution is 6.30. The molecule has 6 nitrogen and oxygen atoms in total. The van der Waals surface area contributed by atoms with Gasteiger partial charge >= 0.3 is 0 Å². The lowest BCUT2D eigenvalue weighted by Gasteiger charge is -2.34. The van der Waals surface area contributed by atoms with E-state index in [-0.39, 0.29) is 0 Å². The van der Waals surface area contributed by atoms with E-state index in [1.165, 1.54) is 6.33 Å². The summed E-state index contributed by atoms with van der Waals surface area (Å²) in [4.78, 5) is 13.5. The van der Waals surface area contributed by atoms with E-state index in [4.69, 9.17) is 16.1 Å². The van der Waals surface area contributed by atoms with Crippen molar-refractivity contribution >= 4 is 28.5 Å². The molecule has 1 aromatic carbocycles. The third-order valence-electron chi connectivity index (χ3n) is 4.47. The number of hydrogen-bond acceptors (Lipinski definition) is 6. The van der Waals surface area contributed by atoms with Gasteiger partial charge in [-0.05, 0) is 18.7 Å². The van der Waals surface area contributed by atoms with E-state index in [0.717, 1.165) is 55.2 Å². The molecule has 0 amide bonds. The second-order valence-electron chi connectivity index (χ2n) is 5.84. The molecule has 3 heterocycles. The van der Waals surface area contributed by atoms with Crippen LogP contribution in [0.2, 0.25) is 5.02 Å². The molecule has 124 valence electrons. The summed E-state index contributed by atoms with van der Waals surface area (Å²) in [6, 6.07) is 7.59. The van der Waals surface area contributed by atoms with Gasteiger partial charge in [0.25, 0.3) is 5.71 Å². The van der Waals surface area contributed by atoms with E-state index < -0.39 is 0 Å². The number of aromatic nitrogens is 3. The highest BCUT2D eigenvalue weighted by Gasteiger charge is 2.23. The number of nitrogens with zero attached hydrogens (tertiary/aromatic N) is 5. The maximum atomic E-state index is 6.13. The van der Waals surface area contributed by atoms with Crippen molar-refractivity contribution in [2.45, 2.75) is 6.92 Å². The third-order valence-corrected chi connectivity index (χ3v) is 4.70. The van der Waals surface area contributed by atoms with E-state index in [1.807, 2.05) is 24.3 Å². The van der Waals surface area contributed by atoms with Gasteiger partial charge in [-0.3, -0.25) is 0 Å². The van der Waals surface area contributed by atoms with Crippen LogP contribution in [0.4, 0.5) is 5.82 Å². The second-order valence-corrected chi connectivity index (χ2v) is 6.28. The summed E-state index contributed by atoms with van der Waals surface area (Å²) in [5, 5.41) is 5.74. The first-order valence-electron chi connectivity index (χ1n) is 8.10. The van der Waals surface area contributed by atoms with E-state index in [0.29, 0.717) is 10.7 Å². The fraction of sp³-hybridized carbons (Fsp3) is 0.353. The zero-order chi connectivity index (χ0) is 16.5. The van der Waals surface area contributed by atoms with Gasteiger partial charge in [-0.15, -0.1) is 0 Å². The molecular weight excluding hydrogens is 326 g/mol. The number of benzene rings is 1. The normalized spacial score (nSPS) is 16.0. The quantitative estimate of drug-likeness (QED) is 0.728. The van der Waals surface area contributed by atoms with Crippen LogP contribution in [0.25, 0.3) is 22.4 Å². The van der Waals surface area contributed by atoms with Crippen LogP contribution in [0.3, 0.4) is 0 Å². The third kappa shape index (κ3) is 2.72. The summed E-state index contributed by atoms with van der Waals surface area (Å²) in [5.41, 5.74) is 2.15. The van der Waals surface area contributed by atoms with Gasteiger partial charge in [0.1, 0.15) is 23.2 Å². The monoisotopic (exact) mass is 343 g/mol. The fourth-order valence-corrected chi connectivity index (χ4v) is 3.31. The molecule has 0 bridgehead atoms. The van der Waals surface area contributed by atoms with Gasteiger partial charge < -0.3 is 14.3 Å². The number of rotatable bonds is 3. The fourth-order valence-electron chi connectivity index (χ4n) is 3.12. The summed E-state index contributed by atoms with van der Waals surface area (Å²) < 4.78 is 5.44. The van der Waals surface area contributed by atoms with E-state index in [9.17, 15) is 0 Å². The molecule has 3 aromatic rings. The molecule has 1 aliphatic heterocycles. The molecule has 7 heteroatoms. The molecular formula is C17H18ClN5O. The van der Waals surface area contributed by atoms with Gasteiger partial charge in [0.15, 0.2) is 0 Å². The van der Waals surface area contributed by atoms with Crippen LogP contribution in [0.1, 0.15) is 6.92 Å². The molecule has 0 aliphatic carbocycles. The maximum Gasteiger partial charge on any atom is 0.263 e. The van der Waals surface area contributed by atoms with Gasteiger partial charge in [-0.2, -0.15) is 4.98 Å². The summed E-state index contributed by atoms with van der Waals surface area (Å²) in [5.74, 6) is 0.881. The zero-order valence-corrected chi connectivity index (χ0v) is 14.2. The lowest BCUT2D eigenvalue weighted by Crippen LogP contribution is -2.46. The number of likely N-dealkylation sites (N-methyl/N-ethyl adjacent to an activating group) is 1. The Morgan fingerprint density at radius 3 is 2.75 bits per heavy atom. The van der Waals surface area contributed by atoms with Crippen molar-refractivity contribution in [2.24, 2.45) is 0 Å². The van der Waals surface area contributed by atoms with Crippen LogP contribution < -0.4 is 4.90 Å². The van der Waals surface area contributed by atoms with Crippen LogP contribution in [0.5, 0.6) is 0 Å². The highest BCUT2D eigenvalue weighted by Crippen LogP contribution is 2.34. The van der Waals surface area contributed by atoms with Crippen molar-refractivity contribution in [3.05, 3.63) is 35.6 Å². The average molecular weight is 344 g/mol. The predicted molar refractivity (Wildman–Crippen MR) is 94.4 cm³/mol.